The van der Waals surface area contributed by atoms with E-state index in [0.717, 1.165) is 32.2 Å². The van der Waals surface area contributed by atoms with E-state index in [9.17, 15) is 14.7 Å². The predicted molar refractivity (Wildman–Crippen MR) is 95.5 cm³/mol. The minimum atomic E-state index is -0.285. The fourth-order valence-corrected chi connectivity index (χ4v) is 3.50. The van der Waals surface area contributed by atoms with E-state index < -0.39 is 0 Å². The molecule has 6 nitrogen and oxygen atoms in total. The maximum absolute atomic E-state index is 12.7. The standard InChI is InChI=1S/C18H35N3O3/c1-12(2)9-14(11-22)20-18(24)15-7-6-8-21(15)16(10-13(3)4)17(23)19-5/h12-16,22H,6-11H2,1-5H3,(H,19,23)(H,20,24)/t14-,15+,16-/m1/s1. The quantitative estimate of drug-likeness (QED) is 0.587. The maximum atomic E-state index is 12.7. The van der Waals surface area contributed by atoms with Crippen LogP contribution in [-0.2, 0) is 9.59 Å². The van der Waals surface area contributed by atoms with E-state index in [4.69, 9.17) is 0 Å². The lowest BCUT2D eigenvalue weighted by atomic mass is 10.00. The zero-order valence-electron chi connectivity index (χ0n) is 15.8. The van der Waals surface area contributed by atoms with Gasteiger partial charge in [-0.05, 0) is 44.1 Å². The van der Waals surface area contributed by atoms with Crippen LogP contribution in [0.25, 0.3) is 0 Å². The molecule has 3 N–H and O–H groups in total. The van der Waals surface area contributed by atoms with E-state index >= 15 is 0 Å². The number of aliphatic hydroxyl groups excluding tert-OH is 1. The lowest BCUT2D eigenvalue weighted by molar-refractivity contribution is -0.132. The average molecular weight is 341 g/mol. The molecule has 1 fully saturated rings. The van der Waals surface area contributed by atoms with Crippen LogP contribution < -0.4 is 10.6 Å². The van der Waals surface area contributed by atoms with Gasteiger partial charge in [0.2, 0.25) is 11.8 Å². The van der Waals surface area contributed by atoms with Gasteiger partial charge in [0.15, 0.2) is 0 Å². The second-order valence-electron chi connectivity index (χ2n) is 7.67. The van der Waals surface area contributed by atoms with Crippen molar-refractivity contribution in [1.82, 2.24) is 15.5 Å². The van der Waals surface area contributed by atoms with E-state index in [-0.39, 0.29) is 36.5 Å². The first-order chi connectivity index (χ1) is 11.3. The van der Waals surface area contributed by atoms with Gasteiger partial charge in [-0.25, -0.2) is 0 Å². The first-order valence-corrected chi connectivity index (χ1v) is 9.18. The Morgan fingerprint density at radius 2 is 1.79 bits per heavy atom. The summed E-state index contributed by atoms with van der Waals surface area (Å²) in [5.74, 6) is 0.693. The van der Waals surface area contributed by atoms with Crippen LogP contribution >= 0.6 is 0 Å². The van der Waals surface area contributed by atoms with E-state index in [2.05, 4.69) is 38.3 Å². The Labute approximate surface area is 146 Å². The Morgan fingerprint density at radius 1 is 1.17 bits per heavy atom. The van der Waals surface area contributed by atoms with Crippen molar-refractivity contribution >= 4 is 11.8 Å². The van der Waals surface area contributed by atoms with Crippen LogP contribution in [0, 0.1) is 11.8 Å². The Morgan fingerprint density at radius 3 is 2.29 bits per heavy atom. The van der Waals surface area contributed by atoms with Gasteiger partial charge in [0.1, 0.15) is 0 Å². The van der Waals surface area contributed by atoms with Gasteiger partial charge in [0, 0.05) is 7.05 Å². The third kappa shape index (κ3) is 6.06. The van der Waals surface area contributed by atoms with Gasteiger partial charge in [-0.2, -0.15) is 0 Å². The number of amides is 2. The van der Waals surface area contributed by atoms with Crippen molar-refractivity contribution in [3.05, 3.63) is 0 Å². The summed E-state index contributed by atoms with van der Waals surface area (Å²) in [6.45, 7) is 9.03. The van der Waals surface area contributed by atoms with Crippen molar-refractivity contribution in [1.29, 1.82) is 0 Å². The Kier molecular flexibility index (Phi) is 8.70. The first-order valence-electron chi connectivity index (χ1n) is 9.18. The van der Waals surface area contributed by atoms with Gasteiger partial charge in [-0.15, -0.1) is 0 Å². The molecule has 0 aromatic heterocycles. The zero-order chi connectivity index (χ0) is 18.3. The molecule has 0 aliphatic carbocycles. The molecule has 2 amide bonds. The third-order valence-electron chi connectivity index (χ3n) is 4.56. The number of carbonyl (C=O) groups is 2. The summed E-state index contributed by atoms with van der Waals surface area (Å²) in [5, 5.41) is 15.2. The molecule has 1 heterocycles. The number of hydrogen-bond acceptors (Lipinski definition) is 4. The number of likely N-dealkylation sites (tertiary alicyclic amines) is 1. The molecule has 24 heavy (non-hydrogen) atoms. The molecule has 1 rings (SSSR count). The molecule has 0 spiro atoms. The minimum absolute atomic E-state index is 0.0238. The molecule has 0 aromatic carbocycles. The molecule has 1 aliphatic heterocycles. The number of carbonyl (C=O) groups excluding carboxylic acids is 2. The fourth-order valence-electron chi connectivity index (χ4n) is 3.50. The number of aliphatic hydroxyl groups is 1. The van der Waals surface area contributed by atoms with Crippen molar-refractivity contribution in [2.24, 2.45) is 11.8 Å². The minimum Gasteiger partial charge on any atom is -0.394 e. The number of rotatable bonds is 9. The van der Waals surface area contributed by atoms with Crippen molar-refractivity contribution in [2.75, 3.05) is 20.2 Å². The largest absolute Gasteiger partial charge is 0.394 e. The highest BCUT2D eigenvalue weighted by Gasteiger charge is 2.38. The molecule has 1 aliphatic rings. The summed E-state index contributed by atoms with van der Waals surface area (Å²) in [6, 6.07) is -0.776. The molecular formula is C18H35N3O3. The van der Waals surface area contributed by atoms with E-state index in [1.165, 1.54) is 0 Å². The summed E-state index contributed by atoms with van der Waals surface area (Å²) < 4.78 is 0. The van der Waals surface area contributed by atoms with Gasteiger partial charge in [0.05, 0.1) is 24.7 Å². The molecule has 0 aromatic rings. The molecule has 0 radical (unpaired) electrons. The van der Waals surface area contributed by atoms with E-state index in [1.807, 2.05) is 4.90 Å². The molecule has 0 bridgehead atoms. The summed E-state index contributed by atoms with van der Waals surface area (Å²) in [5.41, 5.74) is 0. The van der Waals surface area contributed by atoms with Crippen LogP contribution in [0.4, 0.5) is 0 Å². The predicted octanol–water partition coefficient (Wildman–Crippen LogP) is 1.13. The van der Waals surface area contributed by atoms with Crippen molar-refractivity contribution in [2.45, 2.75) is 71.5 Å². The summed E-state index contributed by atoms with van der Waals surface area (Å²) in [6.07, 6.45) is 3.16. The smallest absolute Gasteiger partial charge is 0.237 e. The maximum Gasteiger partial charge on any atom is 0.237 e. The molecule has 3 atom stereocenters. The number of hydrogen-bond donors (Lipinski definition) is 3. The summed E-state index contributed by atoms with van der Waals surface area (Å²) in [7, 11) is 1.64. The zero-order valence-corrected chi connectivity index (χ0v) is 15.8. The normalized spacial score (nSPS) is 21.1. The number of nitrogens with one attached hydrogen (secondary N) is 2. The Balaban J connectivity index is 2.80. The molecular weight excluding hydrogens is 306 g/mol. The molecule has 0 unspecified atom stereocenters. The van der Waals surface area contributed by atoms with Crippen LogP contribution in [0.3, 0.4) is 0 Å². The lowest BCUT2D eigenvalue weighted by Crippen LogP contribution is -2.54. The lowest BCUT2D eigenvalue weighted by Gasteiger charge is -2.33. The highest BCUT2D eigenvalue weighted by Crippen LogP contribution is 2.24. The van der Waals surface area contributed by atoms with Crippen LogP contribution in [0.1, 0.15) is 53.4 Å². The van der Waals surface area contributed by atoms with Crippen LogP contribution in [0.15, 0.2) is 0 Å². The Hall–Kier alpha value is -1.14. The highest BCUT2D eigenvalue weighted by molar-refractivity contribution is 5.85. The molecule has 6 heteroatoms. The van der Waals surface area contributed by atoms with Gasteiger partial charge >= 0.3 is 0 Å². The van der Waals surface area contributed by atoms with E-state index in [0.29, 0.717) is 11.8 Å². The van der Waals surface area contributed by atoms with E-state index in [1.54, 1.807) is 7.05 Å². The second-order valence-corrected chi connectivity index (χ2v) is 7.67. The van der Waals surface area contributed by atoms with Crippen molar-refractivity contribution < 1.29 is 14.7 Å². The molecule has 0 saturated carbocycles. The summed E-state index contributed by atoms with van der Waals surface area (Å²) in [4.78, 5) is 27.1. The Bertz CT molecular complexity index is 412. The number of nitrogens with zero attached hydrogens (tertiary/aromatic N) is 1. The van der Waals surface area contributed by atoms with Crippen LogP contribution in [0.2, 0.25) is 0 Å². The SMILES string of the molecule is CNC(=O)[C@@H](CC(C)C)N1CCC[C@H]1C(=O)N[C@@H](CO)CC(C)C. The molecule has 1 saturated heterocycles. The highest BCUT2D eigenvalue weighted by atomic mass is 16.3. The van der Waals surface area contributed by atoms with Crippen molar-refractivity contribution in [3.8, 4) is 0 Å². The number of likely N-dealkylation sites (N-methyl/N-ethyl adjacent to an activating group) is 1. The fraction of sp³-hybridized carbons (Fsp3) is 0.889. The van der Waals surface area contributed by atoms with Gasteiger partial charge in [-0.3, -0.25) is 14.5 Å². The average Bonchev–Trinajstić information content (AvgIpc) is 2.99. The second kappa shape index (κ2) is 9.99. The van der Waals surface area contributed by atoms with Crippen LogP contribution in [-0.4, -0.2) is 60.1 Å². The topological polar surface area (TPSA) is 81.7 Å². The monoisotopic (exact) mass is 341 g/mol. The van der Waals surface area contributed by atoms with Crippen LogP contribution in [0.5, 0.6) is 0 Å². The first kappa shape index (κ1) is 20.9. The summed E-state index contributed by atoms with van der Waals surface area (Å²) >= 11 is 0. The third-order valence-corrected chi connectivity index (χ3v) is 4.56. The van der Waals surface area contributed by atoms with Gasteiger partial charge in [-0.1, -0.05) is 27.7 Å². The van der Waals surface area contributed by atoms with Gasteiger partial charge in [0.25, 0.3) is 0 Å². The van der Waals surface area contributed by atoms with Crippen molar-refractivity contribution in [3.63, 3.8) is 0 Å². The molecule has 140 valence electrons. The van der Waals surface area contributed by atoms with Gasteiger partial charge < -0.3 is 15.7 Å².